The zero-order valence-electron chi connectivity index (χ0n) is 16.2. The van der Waals surface area contributed by atoms with E-state index in [1.54, 1.807) is 15.3 Å². The first kappa shape index (κ1) is 20.0. The summed E-state index contributed by atoms with van der Waals surface area (Å²) in [6.45, 7) is 0.0417. The Bertz CT molecular complexity index is 1300. The number of hydrogen-bond donors (Lipinski definition) is 2. The number of amides is 1. The third kappa shape index (κ3) is 3.89. The molecule has 4 aromatic rings. The molecule has 0 radical (unpaired) electrons. The van der Waals surface area contributed by atoms with Crippen LogP contribution in [-0.4, -0.2) is 43.3 Å². The molecule has 0 unspecified atom stereocenters. The molecule has 0 atom stereocenters. The molecule has 1 aromatic carbocycles. The van der Waals surface area contributed by atoms with Crippen LogP contribution in [-0.2, 0) is 29.5 Å². The van der Waals surface area contributed by atoms with Crippen LogP contribution in [0.1, 0.15) is 21.9 Å². The SMILES string of the molecule is COC(=O)c1cn(CC(=O)Nc2nc(Cc3n[nH]c(=S)n3C)cs2)c2ccccc12. The van der Waals surface area contributed by atoms with Crippen LogP contribution >= 0.6 is 23.6 Å². The summed E-state index contributed by atoms with van der Waals surface area (Å²) in [5.74, 6) is 0.0762. The quantitative estimate of drug-likeness (QED) is 0.351. The van der Waals surface area contributed by atoms with Crippen molar-refractivity contribution in [2.24, 2.45) is 7.05 Å². The van der Waals surface area contributed by atoms with Gasteiger partial charge in [-0.1, -0.05) is 18.2 Å². The van der Waals surface area contributed by atoms with Crippen LogP contribution in [0.3, 0.4) is 0 Å². The summed E-state index contributed by atoms with van der Waals surface area (Å²) in [7, 11) is 3.17. The van der Waals surface area contributed by atoms with Gasteiger partial charge in [-0.2, -0.15) is 5.10 Å². The fraction of sp³-hybridized carbons (Fsp3) is 0.211. The standard InChI is InChI=1S/C19H18N6O3S2/c1-24-15(22-23-19(24)29)7-11-10-30-18(20-11)21-16(26)9-25-8-13(17(27)28-2)12-5-3-4-6-14(12)25/h3-6,8,10H,7,9H2,1-2H3,(H,23,29)(H,20,21,26). The normalized spacial score (nSPS) is 11.0. The second-order valence-electron chi connectivity index (χ2n) is 6.55. The van der Waals surface area contributed by atoms with Crippen LogP contribution < -0.4 is 5.32 Å². The van der Waals surface area contributed by atoms with Crippen LogP contribution in [0, 0.1) is 4.77 Å². The van der Waals surface area contributed by atoms with Gasteiger partial charge in [0.05, 0.1) is 24.8 Å². The molecule has 3 heterocycles. The van der Waals surface area contributed by atoms with Crippen molar-refractivity contribution >= 4 is 51.5 Å². The van der Waals surface area contributed by atoms with E-state index in [1.165, 1.54) is 18.4 Å². The van der Waals surface area contributed by atoms with Crippen LogP contribution in [0.2, 0.25) is 0 Å². The van der Waals surface area contributed by atoms with Gasteiger partial charge < -0.3 is 19.2 Å². The number of fused-ring (bicyclic) bond motifs is 1. The molecule has 0 saturated heterocycles. The first-order valence-electron chi connectivity index (χ1n) is 8.97. The molecule has 0 fully saturated rings. The molecule has 2 N–H and O–H groups in total. The molecule has 4 rings (SSSR count). The van der Waals surface area contributed by atoms with E-state index in [4.69, 9.17) is 17.0 Å². The Hall–Kier alpha value is -3.31. The number of methoxy groups -OCH3 is 1. The largest absolute Gasteiger partial charge is 0.465 e. The number of rotatable bonds is 6. The number of aromatic nitrogens is 5. The van der Waals surface area contributed by atoms with Gasteiger partial charge in [0, 0.05) is 29.5 Å². The molecule has 0 aliphatic carbocycles. The molecule has 3 aromatic heterocycles. The van der Waals surface area contributed by atoms with Gasteiger partial charge in [-0.05, 0) is 18.3 Å². The van der Waals surface area contributed by atoms with Gasteiger partial charge in [-0.3, -0.25) is 9.89 Å². The van der Waals surface area contributed by atoms with Crippen molar-refractivity contribution < 1.29 is 14.3 Å². The molecule has 0 bridgehead atoms. The summed E-state index contributed by atoms with van der Waals surface area (Å²) in [6.07, 6.45) is 2.13. The van der Waals surface area contributed by atoms with E-state index in [0.717, 1.165) is 22.4 Å². The first-order chi connectivity index (χ1) is 14.5. The minimum Gasteiger partial charge on any atom is -0.465 e. The molecule has 1 amide bonds. The highest BCUT2D eigenvalue weighted by molar-refractivity contribution is 7.71. The van der Waals surface area contributed by atoms with E-state index in [0.29, 0.717) is 21.9 Å². The topological polar surface area (TPSA) is 107 Å². The molecule has 11 heteroatoms. The fourth-order valence-corrected chi connectivity index (χ4v) is 3.99. The number of H-pyrrole nitrogens is 1. The summed E-state index contributed by atoms with van der Waals surface area (Å²) < 4.78 is 8.89. The Balaban J connectivity index is 1.48. The van der Waals surface area contributed by atoms with E-state index in [-0.39, 0.29) is 12.5 Å². The number of benzene rings is 1. The molecule has 9 nitrogen and oxygen atoms in total. The predicted octanol–water partition coefficient (Wildman–Crippen LogP) is 2.90. The number of nitrogens with zero attached hydrogens (tertiary/aromatic N) is 4. The Labute approximate surface area is 180 Å². The number of esters is 1. The lowest BCUT2D eigenvalue weighted by atomic mass is 10.2. The van der Waals surface area contributed by atoms with Gasteiger partial charge in [-0.25, -0.2) is 9.78 Å². The maximum atomic E-state index is 12.6. The second-order valence-corrected chi connectivity index (χ2v) is 7.80. The zero-order chi connectivity index (χ0) is 21.3. The third-order valence-corrected chi connectivity index (χ3v) is 5.79. The van der Waals surface area contributed by atoms with E-state index < -0.39 is 5.97 Å². The van der Waals surface area contributed by atoms with Crippen molar-refractivity contribution in [3.63, 3.8) is 0 Å². The van der Waals surface area contributed by atoms with Crippen molar-refractivity contribution in [2.75, 3.05) is 12.4 Å². The number of carbonyl (C=O) groups excluding carboxylic acids is 2. The van der Waals surface area contributed by atoms with Crippen molar-refractivity contribution in [3.8, 4) is 0 Å². The van der Waals surface area contributed by atoms with E-state index in [9.17, 15) is 9.59 Å². The highest BCUT2D eigenvalue weighted by atomic mass is 32.1. The molecule has 154 valence electrons. The minimum atomic E-state index is -0.441. The number of ether oxygens (including phenoxy) is 1. The smallest absolute Gasteiger partial charge is 0.340 e. The van der Waals surface area contributed by atoms with Gasteiger partial charge in [-0.15, -0.1) is 11.3 Å². The van der Waals surface area contributed by atoms with Gasteiger partial charge in [0.15, 0.2) is 9.90 Å². The molecule has 0 aliphatic rings. The van der Waals surface area contributed by atoms with Gasteiger partial charge >= 0.3 is 5.97 Å². The van der Waals surface area contributed by atoms with Gasteiger partial charge in [0.2, 0.25) is 5.91 Å². The molecule has 30 heavy (non-hydrogen) atoms. The van der Waals surface area contributed by atoms with E-state index >= 15 is 0 Å². The van der Waals surface area contributed by atoms with Crippen molar-refractivity contribution in [1.29, 1.82) is 0 Å². The zero-order valence-corrected chi connectivity index (χ0v) is 17.8. The Morgan fingerprint density at radius 2 is 2.13 bits per heavy atom. The molecular formula is C19H18N6O3S2. The summed E-state index contributed by atoms with van der Waals surface area (Å²) in [5.41, 5.74) is 1.98. The Morgan fingerprint density at radius 3 is 2.87 bits per heavy atom. The summed E-state index contributed by atoms with van der Waals surface area (Å²) in [4.78, 5) is 29.1. The lowest BCUT2D eigenvalue weighted by molar-refractivity contribution is -0.116. The molecule has 0 spiro atoms. The summed E-state index contributed by atoms with van der Waals surface area (Å²) in [5, 5.41) is 12.8. The third-order valence-electron chi connectivity index (χ3n) is 4.62. The predicted molar refractivity (Wildman–Crippen MR) is 115 cm³/mol. The highest BCUT2D eigenvalue weighted by Gasteiger charge is 2.17. The fourth-order valence-electron chi connectivity index (χ4n) is 3.11. The monoisotopic (exact) mass is 442 g/mol. The average molecular weight is 443 g/mol. The number of hydrogen-bond acceptors (Lipinski definition) is 7. The summed E-state index contributed by atoms with van der Waals surface area (Å²) in [6, 6.07) is 7.37. The van der Waals surface area contributed by atoms with Crippen molar-refractivity contribution in [1.82, 2.24) is 24.3 Å². The van der Waals surface area contributed by atoms with Crippen LogP contribution in [0.5, 0.6) is 0 Å². The van der Waals surface area contributed by atoms with Crippen LogP contribution in [0.15, 0.2) is 35.8 Å². The lowest BCUT2D eigenvalue weighted by Crippen LogP contribution is -2.18. The highest BCUT2D eigenvalue weighted by Crippen LogP contribution is 2.23. The summed E-state index contributed by atoms with van der Waals surface area (Å²) >= 11 is 6.45. The van der Waals surface area contributed by atoms with Crippen LogP contribution in [0.4, 0.5) is 5.13 Å². The number of anilines is 1. The number of para-hydroxylation sites is 1. The van der Waals surface area contributed by atoms with Crippen molar-refractivity contribution in [2.45, 2.75) is 13.0 Å². The number of aromatic amines is 1. The van der Waals surface area contributed by atoms with Crippen molar-refractivity contribution in [3.05, 3.63) is 57.7 Å². The molecule has 0 saturated carbocycles. The number of thiazole rings is 1. The minimum absolute atomic E-state index is 0.0417. The maximum Gasteiger partial charge on any atom is 0.340 e. The average Bonchev–Trinajstić information content (AvgIpc) is 3.42. The Kier molecular flexibility index (Phi) is 5.46. The first-order valence-corrected chi connectivity index (χ1v) is 10.3. The van der Waals surface area contributed by atoms with Gasteiger partial charge in [0.25, 0.3) is 0 Å². The van der Waals surface area contributed by atoms with Crippen LogP contribution in [0.25, 0.3) is 10.9 Å². The van der Waals surface area contributed by atoms with E-state index in [1.807, 2.05) is 36.7 Å². The number of nitrogens with one attached hydrogen (secondary N) is 2. The molecular weight excluding hydrogens is 424 g/mol. The number of carbonyl (C=O) groups is 2. The lowest BCUT2D eigenvalue weighted by Gasteiger charge is -2.05. The second kappa shape index (κ2) is 8.20. The molecule has 0 aliphatic heterocycles. The Morgan fingerprint density at radius 1 is 1.33 bits per heavy atom. The maximum absolute atomic E-state index is 12.6. The van der Waals surface area contributed by atoms with Gasteiger partial charge in [0.1, 0.15) is 12.4 Å². The van der Waals surface area contributed by atoms with E-state index in [2.05, 4.69) is 20.5 Å².